The summed E-state index contributed by atoms with van der Waals surface area (Å²) in [5, 5.41) is 1.41. The fourth-order valence-corrected chi connectivity index (χ4v) is 3.03. The van der Waals surface area contributed by atoms with Gasteiger partial charge in [-0.3, -0.25) is 4.79 Å². The molecule has 0 saturated heterocycles. The van der Waals surface area contributed by atoms with Crippen molar-refractivity contribution in [1.29, 1.82) is 0 Å². The molecule has 0 aliphatic carbocycles. The highest BCUT2D eigenvalue weighted by Crippen LogP contribution is 2.23. The number of carbonyl (C=O) groups excluding carboxylic acids is 1. The van der Waals surface area contributed by atoms with Crippen LogP contribution in [0.5, 0.6) is 5.88 Å². The van der Waals surface area contributed by atoms with Gasteiger partial charge < -0.3 is 9.64 Å². The molecule has 2 rings (SSSR count). The molecule has 2 heterocycles. The number of aryl methyl sites for hydroxylation is 1. The van der Waals surface area contributed by atoms with Gasteiger partial charge in [0, 0.05) is 24.3 Å². The van der Waals surface area contributed by atoms with Crippen LogP contribution in [-0.4, -0.2) is 34.4 Å². The molecule has 0 atom stereocenters. The van der Waals surface area contributed by atoms with Crippen LogP contribution in [0.15, 0.2) is 18.5 Å². The zero-order chi connectivity index (χ0) is 16.1. The van der Waals surface area contributed by atoms with Gasteiger partial charge in [0.05, 0.1) is 23.7 Å². The Morgan fingerprint density at radius 2 is 2.14 bits per heavy atom. The highest BCUT2D eigenvalue weighted by atomic mass is 35.5. The van der Waals surface area contributed by atoms with Crippen molar-refractivity contribution in [3.05, 3.63) is 38.9 Å². The van der Waals surface area contributed by atoms with E-state index in [9.17, 15) is 4.79 Å². The van der Waals surface area contributed by atoms with E-state index in [-0.39, 0.29) is 5.91 Å². The Balaban J connectivity index is 2.08. The van der Waals surface area contributed by atoms with E-state index in [2.05, 4.69) is 16.9 Å². The Morgan fingerprint density at radius 3 is 2.73 bits per heavy atom. The number of carbonyl (C=O) groups is 1. The molecule has 0 aromatic carbocycles. The number of thiazole rings is 1. The molecule has 22 heavy (non-hydrogen) atoms. The molecule has 5 nitrogen and oxygen atoms in total. The number of halogens is 1. The van der Waals surface area contributed by atoms with Crippen molar-refractivity contribution < 1.29 is 9.53 Å². The first kappa shape index (κ1) is 16.7. The van der Waals surface area contributed by atoms with Crippen LogP contribution in [0.4, 0.5) is 0 Å². The van der Waals surface area contributed by atoms with E-state index in [0.29, 0.717) is 29.6 Å². The quantitative estimate of drug-likeness (QED) is 0.809. The zero-order valence-corrected chi connectivity index (χ0v) is 14.4. The van der Waals surface area contributed by atoms with E-state index in [1.165, 1.54) is 6.20 Å². The summed E-state index contributed by atoms with van der Waals surface area (Å²) in [6, 6.07) is 1.59. The lowest BCUT2D eigenvalue weighted by Gasteiger charge is -2.16. The average Bonchev–Trinajstić information content (AvgIpc) is 2.96. The first-order chi connectivity index (χ1) is 10.5. The molecule has 7 heteroatoms. The Morgan fingerprint density at radius 1 is 1.36 bits per heavy atom. The molecule has 0 aliphatic rings. The van der Waals surface area contributed by atoms with E-state index in [1.54, 1.807) is 29.4 Å². The maximum atomic E-state index is 12.4. The summed E-state index contributed by atoms with van der Waals surface area (Å²) in [6.07, 6.45) is 4.21. The minimum atomic E-state index is -0.135. The van der Waals surface area contributed by atoms with Gasteiger partial charge in [-0.15, -0.1) is 11.3 Å². The van der Waals surface area contributed by atoms with E-state index >= 15 is 0 Å². The lowest BCUT2D eigenvalue weighted by Crippen LogP contribution is -2.26. The number of nitrogens with zero attached hydrogens (tertiary/aromatic N) is 3. The topological polar surface area (TPSA) is 55.3 Å². The summed E-state index contributed by atoms with van der Waals surface area (Å²) in [7, 11) is 1.75. The first-order valence-electron chi connectivity index (χ1n) is 7.02. The van der Waals surface area contributed by atoms with Crippen LogP contribution in [0.3, 0.4) is 0 Å². The molecular formula is C15H18ClN3O2S. The summed E-state index contributed by atoms with van der Waals surface area (Å²) in [5.41, 5.74) is 0.441. The third-order valence-electron chi connectivity index (χ3n) is 2.98. The molecule has 2 aromatic heterocycles. The molecule has 0 radical (unpaired) electrons. The zero-order valence-electron chi connectivity index (χ0n) is 12.8. The van der Waals surface area contributed by atoms with Crippen molar-refractivity contribution in [2.45, 2.75) is 26.8 Å². The van der Waals surface area contributed by atoms with Crippen molar-refractivity contribution in [1.82, 2.24) is 14.9 Å². The number of hydrogen-bond donors (Lipinski definition) is 0. The average molecular weight is 340 g/mol. The van der Waals surface area contributed by atoms with Gasteiger partial charge in [-0.25, -0.2) is 9.97 Å². The van der Waals surface area contributed by atoms with Crippen LogP contribution in [0.1, 0.15) is 34.1 Å². The van der Waals surface area contributed by atoms with Gasteiger partial charge >= 0.3 is 0 Å². The van der Waals surface area contributed by atoms with Gasteiger partial charge in [-0.2, -0.15) is 0 Å². The predicted molar refractivity (Wildman–Crippen MR) is 87.7 cm³/mol. The number of rotatable bonds is 6. The monoisotopic (exact) mass is 339 g/mol. The lowest BCUT2D eigenvalue weighted by molar-refractivity contribution is 0.0786. The van der Waals surface area contributed by atoms with E-state index in [4.69, 9.17) is 16.3 Å². The molecule has 0 unspecified atom stereocenters. The normalized spacial score (nSPS) is 10.5. The van der Waals surface area contributed by atoms with Crippen LogP contribution in [0, 0.1) is 0 Å². The third kappa shape index (κ3) is 3.96. The van der Waals surface area contributed by atoms with Gasteiger partial charge in [0.1, 0.15) is 5.02 Å². The SMILES string of the molecule is CCOc1ncc(C(=O)N(C)Cc2cnc(CC)s2)cc1Cl. The molecule has 0 fully saturated rings. The van der Waals surface area contributed by atoms with E-state index < -0.39 is 0 Å². The number of pyridine rings is 1. The van der Waals surface area contributed by atoms with Crippen LogP contribution in [0.2, 0.25) is 5.02 Å². The number of amides is 1. The second-order valence-electron chi connectivity index (χ2n) is 4.68. The van der Waals surface area contributed by atoms with Crippen molar-refractivity contribution in [2.75, 3.05) is 13.7 Å². The standard InChI is InChI=1S/C15H18ClN3O2S/c1-4-13-17-8-11(22-13)9-19(3)15(20)10-6-12(16)14(18-7-10)21-5-2/h6-8H,4-5,9H2,1-3H3. The van der Waals surface area contributed by atoms with Crippen molar-refractivity contribution in [3.63, 3.8) is 0 Å². The fourth-order valence-electron chi connectivity index (χ4n) is 1.90. The Kier molecular flexibility index (Phi) is 5.74. The van der Waals surface area contributed by atoms with Crippen LogP contribution < -0.4 is 4.74 Å². The Hall–Kier alpha value is -1.66. The molecule has 0 N–H and O–H groups in total. The smallest absolute Gasteiger partial charge is 0.255 e. The van der Waals surface area contributed by atoms with Crippen molar-refractivity contribution in [2.24, 2.45) is 0 Å². The van der Waals surface area contributed by atoms with Gasteiger partial charge in [-0.05, 0) is 19.4 Å². The van der Waals surface area contributed by atoms with Gasteiger partial charge in [-0.1, -0.05) is 18.5 Å². The highest BCUT2D eigenvalue weighted by molar-refractivity contribution is 7.11. The van der Waals surface area contributed by atoms with Gasteiger partial charge in [0.25, 0.3) is 5.91 Å². The largest absolute Gasteiger partial charge is 0.477 e. The van der Waals surface area contributed by atoms with E-state index in [1.807, 2.05) is 13.1 Å². The maximum absolute atomic E-state index is 12.4. The summed E-state index contributed by atoms with van der Waals surface area (Å²) < 4.78 is 5.27. The first-order valence-corrected chi connectivity index (χ1v) is 8.22. The molecule has 0 aliphatic heterocycles. The van der Waals surface area contributed by atoms with Crippen LogP contribution >= 0.6 is 22.9 Å². The molecular weight excluding hydrogens is 322 g/mol. The minimum Gasteiger partial charge on any atom is -0.477 e. The van der Waals surface area contributed by atoms with Gasteiger partial charge in [0.15, 0.2) is 0 Å². The van der Waals surface area contributed by atoms with Gasteiger partial charge in [0.2, 0.25) is 5.88 Å². The van der Waals surface area contributed by atoms with Crippen molar-refractivity contribution >= 4 is 28.8 Å². The van der Waals surface area contributed by atoms with Crippen LogP contribution in [0.25, 0.3) is 0 Å². The second kappa shape index (κ2) is 7.56. The lowest BCUT2D eigenvalue weighted by atomic mass is 10.2. The highest BCUT2D eigenvalue weighted by Gasteiger charge is 2.16. The molecule has 0 bridgehead atoms. The number of aromatic nitrogens is 2. The number of ether oxygens (including phenoxy) is 1. The number of hydrogen-bond acceptors (Lipinski definition) is 5. The summed E-state index contributed by atoms with van der Waals surface area (Å²) in [6.45, 7) is 4.90. The Labute approximate surface area is 138 Å². The predicted octanol–water partition coefficient (Wildman–Crippen LogP) is 3.42. The molecule has 1 amide bonds. The summed E-state index contributed by atoms with van der Waals surface area (Å²) in [4.78, 5) is 23.5. The third-order valence-corrected chi connectivity index (χ3v) is 4.38. The molecule has 2 aromatic rings. The van der Waals surface area contributed by atoms with E-state index in [0.717, 1.165) is 16.3 Å². The molecule has 118 valence electrons. The van der Waals surface area contributed by atoms with Crippen LogP contribution in [-0.2, 0) is 13.0 Å². The van der Waals surface area contributed by atoms with Crippen molar-refractivity contribution in [3.8, 4) is 5.88 Å². The maximum Gasteiger partial charge on any atom is 0.255 e. The molecule has 0 spiro atoms. The summed E-state index contributed by atoms with van der Waals surface area (Å²) in [5.74, 6) is 0.210. The fraction of sp³-hybridized carbons (Fsp3) is 0.400. The summed E-state index contributed by atoms with van der Waals surface area (Å²) >= 11 is 7.69. The Bertz CT molecular complexity index is 660. The second-order valence-corrected chi connectivity index (χ2v) is 6.29. The molecule has 0 saturated carbocycles. The minimum absolute atomic E-state index is 0.135.